The highest BCUT2D eigenvalue weighted by Gasteiger charge is 2.30. The SMILES string of the molecule is C[C@@H](Sc1nnc(NC2CC2)s1)C(=O)Nc1ccc(C(F)(F)F)cc1. The van der Waals surface area contributed by atoms with Gasteiger partial charge in [0.25, 0.3) is 0 Å². The van der Waals surface area contributed by atoms with Crippen molar-refractivity contribution >= 4 is 39.8 Å². The first kappa shape index (κ1) is 18.0. The molecule has 5 nitrogen and oxygen atoms in total. The Morgan fingerprint density at radius 2 is 1.96 bits per heavy atom. The molecule has 0 bridgehead atoms. The Balaban J connectivity index is 1.54. The fourth-order valence-corrected chi connectivity index (χ4v) is 3.88. The average Bonchev–Trinajstić information content (AvgIpc) is 3.25. The first-order valence-electron chi connectivity index (χ1n) is 7.56. The van der Waals surface area contributed by atoms with E-state index in [9.17, 15) is 18.0 Å². The fraction of sp³-hybridized carbons (Fsp3) is 0.400. The summed E-state index contributed by atoms with van der Waals surface area (Å²) in [4.78, 5) is 12.2. The molecular weight excluding hydrogens is 373 g/mol. The topological polar surface area (TPSA) is 66.9 Å². The van der Waals surface area contributed by atoms with E-state index < -0.39 is 17.0 Å². The van der Waals surface area contributed by atoms with Gasteiger partial charge in [0.1, 0.15) is 0 Å². The van der Waals surface area contributed by atoms with Crippen LogP contribution in [0.2, 0.25) is 0 Å². The summed E-state index contributed by atoms with van der Waals surface area (Å²) in [5, 5.41) is 14.2. The minimum absolute atomic E-state index is 0.309. The maximum absolute atomic E-state index is 12.5. The molecule has 25 heavy (non-hydrogen) atoms. The van der Waals surface area contributed by atoms with E-state index in [4.69, 9.17) is 0 Å². The summed E-state index contributed by atoms with van der Waals surface area (Å²) in [7, 11) is 0. The summed E-state index contributed by atoms with van der Waals surface area (Å²) in [5.41, 5.74) is -0.434. The van der Waals surface area contributed by atoms with Gasteiger partial charge in [0, 0.05) is 11.7 Å². The molecule has 1 fully saturated rings. The molecule has 1 saturated carbocycles. The van der Waals surface area contributed by atoms with Crippen LogP contribution in [0.1, 0.15) is 25.3 Å². The quantitative estimate of drug-likeness (QED) is 0.724. The van der Waals surface area contributed by atoms with Crippen molar-refractivity contribution < 1.29 is 18.0 Å². The largest absolute Gasteiger partial charge is 0.416 e. The van der Waals surface area contributed by atoms with Crippen LogP contribution in [-0.2, 0) is 11.0 Å². The average molecular weight is 388 g/mol. The molecule has 1 aliphatic rings. The maximum atomic E-state index is 12.5. The molecule has 1 aliphatic carbocycles. The summed E-state index contributed by atoms with van der Waals surface area (Å²) in [6, 6.07) is 4.83. The van der Waals surface area contributed by atoms with Crippen molar-refractivity contribution in [3.05, 3.63) is 29.8 Å². The second kappa shape index (κ2) is 7.20. The smallest absolute Gasteiger partial charge is 0.357 e. The van der Waals surface area contributed by atoms with E-state index in [-0.39, 0.29) is 5.91 Å². The van der Waals surface area contributed by atoms with Gasteiger partial charge in [-0.05, 0) is 44.0 Å². The van der Waals surface area contributed by atoms with Crippen molar-refractivity contribution in [2.24, 2.45) is 0 Å². The van der Waals surface area contributed by atoms with Gasteiger partial charge in [0.05, 0.1) is 10.8 Å². The number of aromatic nitrogens is 2. The van der Waals surface area contributed by atoms with Gasteiger partial charge in [-0.1, -0.05) is 23.1 Å². The predicted molar refractivity (Wildman–Crippen MR) is 91.9 cm³/mol. The van der Waals surface area contributed by atoms with E-state index in [1.54, 1.807) is 6.92 Å². The standard InChI is InChI=1S/C15H15F3N4OS2/c1-8(24-14-22-21-13(25-14)20-11-6-7-11)12(23)19-10-4-2-9(3-5-10)15(16,17)18/h2-5,8,11H,6-7H2,1H3,(H,19,23)(H,20,21)/t8-/m1/s1. The van der Waals surface area contributed by atoms with E-state index in [0.717, 1.165) is 30.1 Å². The summed E-state index contributed by atoms with van der Waals surface area (Å²) in [6.45, 7) is 1.71. The number of rotatable bonds is 6. The van der Waals surface area contributed by atoms with Gasteiger partial charge in [-0.2, -0.15) is 13.2 Å². The number of hydrogen-bond donors (Lipinski definition) is 2. The van der Waals surface area contributed by atoms with E-state index in [1.807, 2.05) is 0 Å². The number of benzene rings is 1. The van der Waals surface area contributed by atoms with Crippen molar-refractivity contribution in [3.63, 3.8) is 0 Å². The first-order valence-corrected chi connectivity index (χ1v) is 9.26. The number of carbonyl (C=O) groups is 1. The van der Waals surface area contributed by atoms with Gasteiger partial charge in [-0.25, -0.2) is 0 Å². The van der Waals surface area contributed by atoms with Crippen LogP contribution in [-0.4, -0.2) is 27.4 Å². The van der Waals surface area contributed by atoms with E-state index in [1.165, 1.54) is 35.2 Å². The number of carbonyl (C=O) groups excluding carboxylic acids is 1. The van der Waals surface area contributed by atoms with Crippen LogP contribution in [0.15, 0.2) is 28.6 Å². The number of thioether (sulfide) groups is 1. The van der Waals surface area contributed by atoms with Gasteiger partial charge in [0.15, 0.2) is 4.34 Å². The molecule has 2 aromatic rings. The number of anilines is 2. The summed E-state index contributed by atoms with van der Waals surface area (Å²) >= 11 is 2.64. The number of nitrogens with one attached hydrogen (secondary N) is 2. The molecule has 1 aromatic heterocycles. The molecule has 10 heteroatoms. The van der Waals surface area contributed by atoms with Crippen LogP contribution in [0.3, 0.4) is 0 Å². The molecule has 0 spiro atoms. The summed E-state index contributed by atoms with van der Waals surface area (Å²) < 4.78 is 38.3. The second-order valence-corrected chi connectivity index (χ2v) is 8.18. The third kappa shape index (κ3) is 5.08. The molecule has 2 N–H and O–H groups in total. The van der Waals surface area contributed by atoms with Crippen LogP contribution in [0.25, 0.3) is 0 Å². The van der Waals surface area contributed by atoms with Crippen LogP contribution < -0.4 is 10.6 Å². The third-order valence-electron chi connectivity index (χ3n) is 3.44. The summed E-state index contributed by atoms with van der Waals surface area (Å²) in [5.74, 6) is -0.309. The van der Waals surface area contributed by atoms with Crippen molar-refractivity contribution in [2.45, 2.75) is 41.6 Å². The van der Waals surface area contributed by atoms with Crippen LogP contribution in [0, 0.1) is 0 Å². The Hall–Kier alpha value is -1.81. The Morgan fingerprint density at radius 1 is 1.28 bits per heavy atom. The van der Waals surface area contributed by atoms with Gasteiger partial charge in [-0.3, -0.25) is 4.79 Å². The molecule has 0 radical (unpaired) electrons. The summed E-state index contributed by atoms with van der Waals surface area (Å²) in [6.07, 6.45) is -2.13. The molecule has 3 rings (SSSR count). The van der Waals surface area contributed by atoms with Gasteiger partial charge >= 0.3 is 6.18 Å². The van der Waals surface area contributed by atoms with E-state index in [2.05, 4.69) is 20.8 Å². The van der Waals surface area contributed by atoms with E-state index >= 15 is 0 Å². The fourth-order valence-electron chi connectivity index (χ4n) is 1.91. The number of halogens is 3. The highest BCUT2D eigenvalue weighted by Crippen LogP contribution is 2.33. The molecule has 0 unspecified atom stereocenters. The second-order valence-electron chi connectivity index (χ2n) is 5.62. The van der Waals surface area contributed by atoms with Crippen molar-refractivity contribution in [2.75, 3.05) is 10.6 Å². The van der Waals surface area contributed by atoms with Crippen molar-refractivity contribution in [1.82, 2.24) is 10.2 Å². The lowest BCUT2D eigenvalue weighted by atomic mass is 10.2. The van der Waals surface area contributed by atoms with Crippen molar-refractivity contribution in [1.29, 1.82) is 0 Å². The highest BCUT2D eigenvalue weighted by molar-refractivity contribution is 8.02. The molecule has 1 heterocycles. The lowest BCUT2D eigenvalue weighted by Gasteiger charge is -2.11. The Bertz CT molecular complexity index is 744. The predicted octanol–water partition coefficient (Wildman–Crippen LogP) is 4.25. The zero-order valence-electron chi connectivity index (χ0n) is 13.1. The zero-order valence-corrected chi connectivity index (χ0v) is 14.8. The molecular formula is C15H15F3N4OS2. The number of amides is 1. The molecule has 134 valence electrons. The molecule has 0 aliphatic heterocycles. The first-order chi connectivity index (χ1) is 11.8. The number of nitrogens with zero attached hydrogens (tertiary/aromatic N) is 2. The van der Waals surface area contributed by atoms with Gasteiger partial charge in [0.2, 0.25) is 11.0 Å². The third-order valence-corrected chi connectivity index (χ3v) is 5.48. The Morgan fingerprint density at radius 3 is 2.56 bits per heavy atom. The minimum Gasteiger partial charge on any atom is -0.357 e. The van der Waals surface area contributed by atoms with Gasteiger partial charge in [-0.15, -0.1) is 10.2 Å². The minimum atomic E-state index is -4.39. The monoisotopic (exact) mass is 388 g/mol. The number of hydrogen-bond acceptors (Lipinski definition) is 6. The Kier molecular flexibility index (Phi) is 5.19. The molecule has 1 amide bonds. The lowest BCUT2D eigenvalue weighted by Crippen LogP contribution is -2.22. The normalized spacial score (nSPS) is 15.7. The molecule has 1 atom stereocenters. The van der Waals surface area contributed by atoms with Crippen LogP contribution >= 0.6 is 23.1 Å². The van der Waals surface area contributed by atoms with Crippen LogP contribution in [0.4, 0.5) is 24.0 Å². The Labute approximate surface area is 150 Å². The maximum Gasteiger partial charge on any atom is 0.416 e. The molecule has 1 aromatic carbocycles. The number of alkyl halides is 3. The lowest BCUT2D eigenvalue weighted by molar-refractivity contribution is -0.137. The van der Waals surface area contributed by atoms with Crippen LogP contribution in [0.5, 0.6) is 0 Å². The van der Waals surface area contributed by atoms with E-state index in [0.29, 0.717) is 16.1 Å². The van der Waals surface area contributed by atoms with Crippen molar-refractivity contribution in [3.8, 4) is 0 Å². The van der Waals surface area contributed by atoms with Gasteiger partial charge < -0.3 is 10.6 Å². The highest BCUT2D eigenvalue weighted by atomic mass is 32.2. The zero-order chi connectivity index (χ0) is 18.0. The molecule has 0 saturated heterocycles.